The van der Waals surface area contributed by atoms with Crippen LogP contribution in [-0.4, -0.2) is 36.2 Å². The summed E-state index contributed by atoms with van der Waals surface area (Å²) in [6, 6.07) is -0.977. The number of ether oxygens (including phenoxy) is 1. The van der Waals surface area contributed by atoms with Crippen LogP contribution >= 0.6 is 11.6 Å². The Morgan fingerprint density at radius 2 is 2.25 bits per heavy atom. The molecule has 0 aliphatic heterocycles. The molecule has 0 bridgehead atoms. The second-order valence-electron chi connectivity index (χ2n) is 2.00. The maximum absolute atomic E-state index is 10.6. The SMILES string of the molecule is COC(=O)N[C@@H](CCCl)C(=O)O. The summed E-state index contributed by atoms with van der Waals surface area (Å²) in [6.07, 6.45) is -0.598. The van der Waals surface area contributed by atoms with E-state index in [1.165, 1.54) is 0 Å². The monoisotopic (exact) mass is 195 g/mol. The molecule has 1 atom stereocenters. The molecule has 0 aromatic rings. The molecule has 12 heavy (non-hydrogen) atoms. The summed E-state index contributed by atoms with van der Waals surface area (Å²) in [4.78, 5) is 21.0. The van der Waals surface area contributed by atoms with E-state index in [-0.39, 0.29) is 12.3 Å². The standard InChI is InChI=1S/C6H10ClNO4/c1-12-6(11)8-4(2-3-7)5(9)10/h4H,2-3H2,1H3,(H,8,11)(H,9,10)/t4-/m0/s1. The Morgan fingerprint density at radius 1 is 1.67 bits per heavy atom. The summed E-state index contributed by atoms with van der Waals surface area (Å²) in [5.74, 6) is -0.956. The number of halogens is 1. The molecule has 0 spiro atoms. The van der Waals surface area contributed by atoms with Crippen molar-refractivity contribution in [2.45, 2.75) is 12.5 Å². The maximum atomic E-state index is 10.6. The summed E-state index contributed by atoms with van der Waals surface area (Å²) < 4.78 is 4.22. The van der Waals surface area contributed by atoms with Gasteiger partial charge >= 0.3 is 12.1 Å². The van der Waals surface area contributed by atoms with Crippen molar-refractivity contribution in [2.24, 2.45) is 0 Å². The van der Waals surface area contributed by atoms with Crippen LogP contribution in [0, 0.1) is 0 Å². The topological polar surface area (TPSA) is 75.6 Å². The molecular weight excluding hydrogens is 186 g/mol. The van der Waals surface area contributed by atoms with Gasteiger partial charge in [-0.3, -0.25) is 0 Å². The van der Waals surface area contributed by atoms with Crippen molar-refractivity contribution in [2.75, 3.05) is 13.0 Å². The normalized spacial score (nSPS) is 11.8. The Balaban J connectivity index is 3.95. The summed E-state index contributed by atoms with van der Waals surface area (Å²) in [5.41, 5.74) is 0. The van der Waals surface area contributed by atoms with Crippen LogP contribution in [0.4, 0.5) is 4.79 Å². The van der Waals surface area contributed by atoms with Crippen molar-refractivity contribution >= 4 is 23.7 Å². The summed E-state index contributed by atoms with van der Waals surface area (Å²) >= 11 is 5.31. The first-order chi connectivity index (χ1) is 5.61. The second-order valence-corrected chi connectivity index (χ2v) is 2.38. The number of hydrogen-bond donors (Lipinski definition) is 2. The van der Waals surface area contributed by atoms with E-state index in [1.54, 1.807) is 0 Å². The lowest BCUT2D eigenvalue weighted by Crippen LogP contribution is -2.40. The lowest BCUT2D eigenvalue weighted by Gasteiger charge is -2.11. The lowest BCUT2D eigenvalue weighted by atomic mass is 10.2. The van der Waals surface area contributed by atoms with E-state index in [2.05, 4.69) is 10.1 Å². The molecule has 6 heteroatoms. The number of amides is 1. The molecule has 70 valence electrons. The third-order valence-electron chi connectivity index (χ3n) is 1.17. The van der Waals surface area contributed by atoms with E-state index in [4.69, 9.17) is 16.7 Å². The highest BCUT2D eigenvalue weighted by Gasteiger charge is 2.18. The fourth-order valence-electron chi connectivity index (χ4n) is 0.568. The fraction of sp³-hybridized carbons (Fsp3) is 0.667. The van der Waals surface area contributed by atoms with Gasteiger partial charge in [-0.25, -0.2) is 9.59 Å². The van der Waals surface area contributed by atoms with Crippen molar-refractivity contribution in [3.8, 4) is 0 Å². The number of hydrogen-bond acceptors (Lipinski definition) is 3. The van der Waals surface area contributed by atoms with E-state index in [0.717, 1.165) is 7.11 Å². The van der Waals surface area contributed by atoms with E-state index >= 15 is 0 Å². The van der Waals surface area contributed by atoms with Crippen LogP contribution in [0.2, 0.25) is 0 Å². The minimum Gasteiger partial charge on any atom is -0.480 e. The number of rotatable bonds is 4. The molecule has 0 aromatic heterocycles. The minimum absolute atomic E-state index is 0.168. The number of aliphatic carboxylic acids is 1. The van der Waals surface area contributed by atoms with E-state index in [1.807, 2.05) is 0 Å². The number of alkyl carbamates (subject to hydrolysis) is 1. The van der Waals surface area contributed by atoms with Crippen LogP contribution in [0.15, 0.2) is 0 Å². The predicted molar refractivity (Wildman–Crippen MR) is 42.3 cm³/mol. The summed E-state index contributed by atoms with van der Waals surface area (Å²) in [5, 5.41) is 10.6. The fourth-order valence-corrected chi connectivity index (χ4v) is 0.786. The van der Waals surface area contributed by atoms with Crippen molar-refractivity contribution in [1.29, 1.82) is 0 Å². The summed E-state index contributed by atoms with van der Waals surface area (Å²) in [7, 11) is 1.16. The zero-order valence-corrected chi connectivity index (χ0v) is 7.30. The Kier molecular flexibility index (Phi) is 5.19. The van der Waals surface area contributed by atoms with Gasteiger partial charge in [0.2, 0.25) is 0 Å². The molecular formula is C6H10ClNO4. The maximum Gasteiger partial charge on any atom is 0.407 e. The molecule has 0 rings (SSSR count). The second kappa shape index (κ2) is 5.65. The number of carbonyl (C=O) groups is 2. The number of carboxylic acids is 1. The molecule has 1 amide bonds. The van der Waals surface area contributed by atoms with Gasteiger partial charge in [0.1, 0.15) is 6.04 Å². The average Bonchev–Trinajstić information content (AvgIpc) is 2.03. The Morgan fingerprint density at radius 3 is 2.58 bits per heavy atom. The van der Waals surface area contributed by atoms with Gasteiger partial charge in [0.25, 0.3) is 0 Å². The van der Waals surface area contributed by atoms with Crippen molar-refractivity contribution < 1.29 is 19.4 Å². The molecule has 0 fully saturated rings. The first kappa shape index (κ1) is 11.0. The largest absolute Gasteiger partial charge is 0.480 e. The molecule has 0 radical (unpaired) electrons. The smallest absolute Gasteiger partial charge is 0.407 e. The van der Waals surface area contributed by atoms with Gasteiger partial charge in [-0.1, -0.05) is 0 Å². The first-order valence-electron chi connectivity index (χ1n) is 3.25. The van der Waals surface area contributed by atoms with Gasteiger partial charge in [-0.05, 0) is 6.42 Å². The van der Waals surface area contributed by atoms with Crippen LogP contribution in [0.3, 0.4) is 0 Å². The van der Waals surface area contributed by atoms with Gasteiger partial charge in [-0.2, -0.15) is 0 Å². The molecule has 5 nitrogen and oxygen atoms in total. The number of nitrogens with one attached hydrogen (secondary N) is 1. The van der Waals surface area contributed by atoms with Gasteiger partial charge in [0.15, 0.2) is 0 Å². The highest BCUT2D eigenvalue weighted by atomic mass is 35.5. The van der Waals surface area contributed by atoms with Crippen molar-refractivity contribution in [1.82, 2.24) is 5.32 Å². The minimum atomic E-state index is -1.12. The first-order valence-corrected chi connectivity index (χ1v) is 3.78. The van der Waals surface area contributed by atoms with E-state index in [9.17, 15) is 9.59 Å². The third kappa shape index (κ3) is 4.02. The van der Waals surface area contributed by atoms with Gasteiger partial charge in [0, 0.05) is 5.88 Å². The van der Waals surface area contributed by atoms with Crippen molar-refractivity contribution in [3.63, 3.8) is 0 Å². The van der Waals surface area contributed by atoms with Crippen LogP contribution in [-0.2, 0) is 9.53 Å². The molecule has 2 N–H and O–H groups in total. The summed E-state index contributed by atoms with van der Waals surface area (Å²) in [6.45, 7) is 0. The molecule has 0 aromatic carbocycles. The van der Waals surface area contributed by atoms with Gasteiger partial charge < -0.3 is 15.2 Å². The van der Waals surface area contributed by atoms with Crippen LogP contribution in [0.1, 0.15) is 6.42 Å². The average molecular weight is 196 g/mol. The molecule has 0 heterocycles. The van der Waals surface area contributed by atoms with Crippen LogP contribution in [0.25, 0.3) is 0 Å². The number of carboxylic acid groups (broad SMARTS) is 1. The number of alkyl halides is 1. The lowest BCUT2D eigenvalue weighted by molar-refractivity contribution is -0.139. The molecule has 0 aliphatic rings. The van der Waals surface area contributed by atoms with E-state index in [0.29, 0.717) is 0 Å². The Hall–Kier alpha value is -0.970. The van der Waals surface area contributed by atoms with Gasteiger partial charge in [0.05, 0.1) is 7.11 Å². The molecule has 0 saturated carbocycles. The predicted octanol–water partition coefficient (Wildman–Crippen LogP) is 0.425. The van der Waals surface area contributed by atoms with Crippen LogP contribution in [0.5, 0.6) is 0 Å². The number of methoxy groups -OCH3 is 1. The zero-order chi connectivity index (χ0) is 9.56. The zero-order valence-electron chi connectivity index (χ0n) is 6.54. The molecule has 0 unspecified atom stereocenters. The van der Waals surface area contributed by atoms with Gasteiger partial charge in [-0.15, -0.1) is 11.6 Å². The van der Waals surface area contributed by atoms with E-state index < -0.39 is 18.1 Å². The van der Waals surface area contributed by atoms with Crippen LogP contribution < -0.4 is 5.32 Å². The quantitative estimate of drug-likeness (QED) is 0.638. The highest BCUT2D eigenvalue weighted by Crippen LogP contribution is 1.95. The molecule has 0 saturated heterocycles. The highest BCUT2D eigenvalue weighted by molar-refractivity contribution is 6.18. The Bertz CT molecular complexity index is 171. The molecule has 0 aliphatic carbocycles. The third-order valence-corrected chi connectivity index (χ3v) is 1.39. The Labute approximate surface area is 74.6 Å². The van der Waals surface area contributed by atoms with Crippen molar-refractivity contribution in [3.05, 3.63) is 0 Å². The number of carbonyl (C=O) groups excluding carboxylic acids is 1.